The van der Waals surface area contributed by atoms with Gasteiger partial charge in [0.1, 0.15) is 23.9 Å². The number of urea groups is 1. The van der Waals surface area contributed by atoms with Crippen LogP contribution in [0, 0.1) is 11.3 Å². The van der Waals surface area contributed by atoms with E-state index in [0.717, 1.165) is 15.7 Å². The standard InChI is InChI=1S/C53H65F3N9O8S2Si/c1-9-43(67)62(21-22-66)41-27-61(25-33(41)4)50(71)59(7)45(32(2)3)47(68)58-52(76)29-60-19-11-13-35(26-60)34-16-17-39-37(23-34)38(24-51(5,6)31-73-48(69)40-15-12-20-64(49(52)70)65(40)75)46(63(39)30-53(54,55)56)36-14-10-18-57-44(36)42(28-74)72-8/h9-10,13-14,16-18,23,28,32,40-42,45,66H,1,4,11-12,15,19-22,24-27,29-31H2,2-3,5-8H3/p+1/t40-,41+,42-,45-,52+/m0/s1. The maximum atomic E-state index is 15.3. The lowest BCUT2D eigenvalue weighted by molar-refractivity contribution is -0.676. The maximum absolute atomic E-state index is 15.3. The first kappa shape index (κ1) is 58.0. The Labute approximate surface area is 455 Å². The van der Waals surface area contributed by atoms with Crippen molar-refractivity contribution in [3.63, 3.8) is 0 Å². The Bertz CT molecular complexity index is 2840. The molecule has 4 aliphatic rings. The zero-order chi connectivity index (χ0) is 55.6. The second-order valence-corrected chi connectivity index (χ2v) is 22.5. The third-order valence-electron chi connectivity index (χ3n) is 14.5. The van der Waals surface area contributed by atoms with Crippen LogP contribution in [0.3, 0.4) is 0 Å². The van der Waals surface area contributed by atoms with Gasteiger partial charge in [0.15, 0.2) is 0 Å². The lowest BCUT2D eigenvalue weighted by Crippen LogP contribution is -2.70. The second-order valence-electron chi connectivity index (χ2n) is 21.0. The van der Waals surface area contributed by atoms with Crippen molar-refractivity contribution in [3.8, 4) is 11.3 Å². The van der Waals surface area contributed by atoms with Gasteiger partial charge in [0.2, 0.25) is 11.8 Å². The molecule has 76 heavy (non-hydrogen) atoms. The molecular formula is C53H66F3N9O8S2Si+. The van der Waals surface area contributed by atoms with Crippen molar-refractivity contribution in [3.05, 3.63) is 84.2 Å². The number of hydrazine groups is 1. The number of pyridine rings is 1. The predicted molar refractivity (Wildman–Crippen MR) is 286 cm³/mol. The number of rotatable bonds is 13. The highest BCUT2D eigenvalue weighted by Crippen LogP contribution is 2.43. The minimum absolute atomic E-state index is 0.00647. The molecular weight excluding hydrogens is 1040 g/mol. The Morgan fingerprint density at radius 2 is 1.91 bits per heavy atom. The molecule has 23 heteroatoms. The molecule has 6 bridgehead atoms. The Morgan fingerprint density at radius 1 is 1.17 bits per heavy atom. The highest BCUT2D eigenvalue weighted by atomic mass is 32.1. The third-order valence-corrected chi connectivity index (χ3v) is 15.6. The first-order chi connectivity index (χ1) is 35.9. The number of aromatic nitrogens is 2. The molecule has 3 aromatic rings. The average Bonchev–Trinajstić information content (AvgIpc) is 3.89. The molecule has 0 spiro atoms. The van der Waals surface area contributed by atoms with Gasteiger partial charge in [0, 0.05) is 93.3 Å². The number of likely N-dealkylation sites (N-methyl/N-ethyl adjacent to an activating group) is 1. The van der Waals surface area contributed by atoms with Gasteiger partial charge in [0.05, 0.1) is 47.4 Å². The lowest BCUT2D eigenvalue weighted by Gasteiger charge is -2.41. The molecule has 17 nitrogen and oxygen atoms in total. The van der Waals surface area contributed by atoms with E-state index in [1.54, 1.807) is 38.1 Å². The number of likely N-dealkylation sites (tertiary alicyclic amines) is 1. The quantitative estimate of drug-likeness (QED) is 0.0579. The number of hydrogen-bond acceptors (Lipinski definition) is 12. The van der Waals surface area contributed by atoms with Crippen LogP contribution in [0.15, 0.2) is 67.4 Å². The van der Waals surface area contributed by atoms with Crippen molar-refractivity contribution in [1.29, 1.82) is 0 Å². The van der Waals surface area contributed by atoms with Crippen LogP contribution in [-0.4, -0.2) is 191 Å². The maximum Gasteiger partial charge on any atom is 0.406 e. The van der Waals surface area contributed by atoms with E-state index in [1.807, 2.05) is 30.9 Å². The summed E-state index contributed by atoms with van der Waals surface area (Å²) in [6.07, 6.45) is 0.470. The van der Waals surface area contributed by atoms with Crippen LogP contribution in [0.2, 0.25) is 0 Å². The summed E-state index contributed by atoms with van der Waals surface area (Å²) in [5.41, 5.74) is 3.07. The van der Waals surface area contributed by atoms with Crippen molar-refractivity contribution >= 4 is 86.5 Å². The van der Waals surface area contributed by atoms with Gasteiger partial charge in [-0.05, 0) is 81.8 Å². The molecule has 0 saturated carbocycles. The van der Waals surface area contributed by atoms with Gasteiger partial charge in [-0.3, -0.25) is 24.3 Å². The number of fused-ring (bicyclic) bond motifs is 6. The molecule has 6 heterocycles. The van der Waals surface area contributed by atoms with Crippen LogP contribution in [-0.2, 0) is 54.0 Å². The van der Waals surface area contributed by atoms with E-state index in [1.165, 1.54) is 50.0 Å². The molecule has 6 atom stereocenters. The summed E-state index contributed by atoms with van der Waals surface area (Å²) >= 11 is 11.2. The number of methoxy groups -OCH3 is 1. The molecule has 407 valence electrons. The monoisotopic (exact) mass is 1110 g/mol. The van der Waals surface area contributed by atoms with Gasteiger partial charge in [-0.2, -0.15) is 13.2 Å². The van der Waals surface area contributed by atoms with Crippen LogP contribution in [0.5, 0.6) is 0 Å². The Morgan fingerprint density at radius 3 is 2.57 bits per heavy atom. The number of ether oxygens (including phenoxy) is 2. The van der Waals surface area contributed by atoms with Gasteiger partial charge in [-0.25, -0.2) is 9.59 Å². The first-order valence-corrected chi connectivity index (χ1v) is 26.5. The fourth-order valence-electron chi connectivity index (χ4n) is 10.9. The lowest BCUT2D eigenvalue weighted by atomic mass is 9.84. The molecule has 7 rings (SSSR count). The summed E-state index contributed by atoms with van der Waals surface area (Å²) in [4.78, 5) is 82.2. The number of nitrogens with zero attached hydrogens (tertiary/aromatic N) is 8. The Hall–Kier alpha value is -5.72. The van der Waals surface area contributed by atoms with E-state index >= 15 is 4.79 Å². The summed E-state index contributed by atoms with van der Waals surface area (Å²) in [6, 6.07) is 5.29. The first-order valence-electron chi connectivity index (χ1n) is 25.2. The van der Waals surface area contributed by atoms with E-state index in [2.05, 4.69) is 33.7 Å². The van der Waals surface area contributed by atoms with Crippen molar-refractivity contribution < 1.29 is 55.8 Å². The van der Waals surface area contributed by atoms with Crippen LogP contribution in [0.1, 0.15) is 69.9 Å². The summed E-state index contributed by atoms with van der Waals surface area (Å²) in [7, 11) is 6.72. The summed E-state index contributed by atoms with van der Waals surface area (Å²) in [5.74, 6) is -2.99. The van der Waals surface area contributed by atoms with Gasteiger partial charge in [0.25, 0.3) is 18.5 Å². The summed E-state index contributed by atoms with van der Waals surface area (Å²) in [6.45, 7) is 13.9. The minimum Gasteiger partial charge on any atom is -0.460 e. The van der Waals surface area contributed by atoms with Crippen LogP contribution in [0.4, 0.5) is 18.0 Å². The normalized spacial score (nSPS) is 23.1. The Kier molecular flexibility index (Phi) is 17.9. The largest absolute Gasteiger partial charge is 0.460 e. The number of hydrogen-bond donors (Lipinski definition) is 2. The molecule has 2 saturated heterocycles. The van der Waals surface area contributed by atoms with Crippen LogP contribution in [0.25, 0.3) is 27.7 Å². The van der Waals surface area contributed by atoms with Crippen LogP contribution >= 0.6 is 12.2 Å². The highest BCUT2D eigenvalue weighted by Gasteiger charge is 2.51. The van der Waals surface area contributed by atoms with Crippen molar-refractivity contribution in [2.24, 2.45) is 11.3 Å². The number of alkyl halides is 3. The number of benzene rings is 1. The molecule has 1 unspecified atom stereocenters. The van der Waals surface area contributed by atoms with Crippen molar-refractivity contribution in [2.45, 2.75) is 95.5 Å². The number of aliphatic hydroxyl groups is 1. The fourth-order valence-corrected chi connectivity index (χ4v) is 12.0. The van der Waals surface area contributed by atoms with Gasteiger partial charge < -0.3 is 39.2 Å². The summed E-state index contributed by atoms with van der Waals surface area (Å²) < 4.78 is 58.6. The molecule has 2 N–H and O–H groups in total. The number of amides is 5. The number of aliphatic hydroxyl groups excluding tert-OH is 1. The molecule has 2 fully saturated rings. The number of carbonyl (C=O) groups is 5. The number of cyclic esters (lactones) is 1. The highest BCUT2D eigenvalue weighted by molar-refractivity contribution is 7.79. The fraction of sp³-hybridized carbons (Fsp3) is 0.528. The smallest absolute Gasteiger partial charge is 0.406 e. The third kappa shape index (κ3) is 12.2. The van der Waals surface area contributed by atoms with Crippen molar-refractivity contribution in [1.82, 2.24) is 39.5 Å². The summed E-state index contributed by atoms with van der Waals surface area (Å²) in [5, 5.41) is 13.9. The molecule has 4 aliphatic heterocycles. The van der Waals surface area contributed by atoms with E-state index in [-0.39, 0.29) is 71.0 Å². The zero-order valence-electron chi connectivity index (χ0n) is 43.7. The molecule has 1 aromatic carbocycles. The Balaban J connectivity index is 1.30. The topological polar surface area (TPSA) is 173 Å². The van der Waals surface area contributed by atoms with E-state index < -0.39 is 83.2 Å². The van der Waals surface area contributed by atoms with Gasteiger partial charge >= 0.3 is 24.1 Å². The van der Waals surface area contributed by atoms with Crippen LogP contribution < -0.4 is 5.32 Å². The molecule has 3 radical (unpaired) electrons. The molecule has 0 aliphatic carbocycles. The van der Waals surface area contributed by atoms with E-state index in [4.69, 9.17) is 34.1 Å². The SMILES string of the molecule is C=CC(=O)N(CCO)[C@@H]1CN(C(=O)N(C)[C@H](C(=O)N[C@@]2([Si])CN3CCC=C(C3)c3ccc4c(c3)c(c(-c3cccnc3[C@H](C=S)OC)n4CC(F)(F)F)CC(C)(C)COC(=O)[C@@H]3CCCN(C2=O)[N+]3=S)C(C)C)CC1=C. The molecule has 5 amide bonds. The van der Waals surface area contributed by atoms with Gasteiger partial charge in [-0.1, -0.05) is 65.2 Å². The average molecular weight is 1110 g/mol. The number of carbonyl (C=O) groups excluding carboxylic acids is 5. The van der Waals surface area contributed by atoms with E-state index in [0.29, 0.717) is 58.2 Å². The zero-order valence-corrected chi connectivity index (χ0v) is 46.4. The number of esters is 1. The minimum atomic E-state index is -4.64. The predicted octanol–water partition coefficient (Wildman–Crippen LogP) is 5.12. The number of nitrogens with one attached hydrogen (secondary N) is 1. The van der Waals surface area contributed by atoms with E-state index in [9.17, 15) is 37.5 Å². The number of halogens is 3. The molecule has 2 aromatic heterocycles. The second kappa shape index (κ2) is 23.5. The van der Waals surface area contributed by atoms with Gasteiger partial charge in [-0.15, -0.1) is 5.01 Å². The van der Waals surface area contributed by atoms with Crippen molar-refractivity contribution in [2.75, 3.05) is 73.2 Å². The number of thiocarbonyl (C=S) groups is 1.